The summed E-state index contributed by atoms with van der Waals surface area (Å²) in [6.45, 7) is 4.21. The van der Waals surface area contributed by atoms with Crippen molar-refractivity contribution < 1.29 is 19.1 Å². The van der Waals surface area contributed by atoms with Gasteiger partial charge in [0.2, 0.25) is 0 Å². The van der Waals surface area contributed by atoms with Crippen molar-refractivity contribution in [1.82, 2.24) is 10.6 Å². The third-order valence-corrected chi connectivity index (χ3v) is 4.23. The monoisotopic (exact) mass is 366 g/mol. The van der Waals surface area contributed by atoms with Crippen LogP contribution < -0.4 is 15.4 Å². The van der Waals surface area contributed by atoms with Gasteiger partial charge in [0.15, 0.2) is 0 Å². The zero-order chi connectivity index (χ0) is 19.2. The first kappa shape index (κ1) is 18.5. The number of para-hydroxylation sites is 1. The largest absolute Gasteiger partial charge is 0.494 e. The highest BCUT2D eigenvalue weighted by atomic mass is 16.5. The second kappa shape index (κ2) is 8.40. The predicted octanol–water partition coefficient (Wildman–Crippen LogP) is 3.46. The van der Waals surface area contributed by atoms with Crippen LogP contribution in [0, 0.1) is 0 Å². The Kier molecular flexibility index (Phi) is 5.76. The van der Waals surface area contributed by atoms with Crippen molar-refractivity contribution in [2.45, 2.75) is 26.5 Å². The Morgan fingerprint density at radius 3 is 2.52 bits per heavy atom. The Morgan fingerprint density at radius 1 is 1.07 bits per heavy atom. The van der Waals surface area contributed by atoms with Crippen LogP contribution in [-0.4, -0.2) is 18.6 Å². The summed E-state index contributed by atoms with van der Waals surface area (Å²) >= 11 is 0. The Labute approximate surface area is 158 Å². The normalized spacial score (nSPS) is 16.4. The van der Waals surface area contributed by atoms with Crippen LogP contribution in [0.1, 0.15) is 31.0 Å². The Morgan fingerprint density at radius 2 is 1.78 bits per heavy atom. The fourth-order valence-electron chi connectivity index (χ4n) is 3.00. The van der Waals surface area contributed by atoms with Gasteiger partial charge >= 0.3 is 12.0 Å². The van der Waals surface area contributed by atoms with E-state index in [1.54, 1.807) is 6.92 Å². The lowest BCUT2D eigenvalue weighted by atomic mass is 9.95. The van der Waals surface area contributed by atoms with E-state index in [2.05, 4.69) is 10.6 Å². The molecule has 0 aromatic heterocycles. The fourth-order valence-corrected chi connectivity index (χ4v) is 3.00. The van der Waals surface area contributed by atoms with Crippen LogP contribution in [0.3, 0.4) is 0 Å². The molecule has 1 heterocycles. The van der Waals surface area contributed by atoms with Crippen molar-refractivity contribution in [3.63, 3.8) is 0 Å². The molecule has 1 aliphatic heterocycles. The van der Waals surface area contributed by atoms with Crippen molar-refractivity contribution in [1.29, 1.82) is 0 Å². The van der Waals surface area contributed by atoms with E-state index in [0.29, 0.717) is 29.2 Å². The van der Waals surface area contributed by atoms with Crippen LogP contribution >= 0.6 is 0 Å². The number of urea groups is 1. The van der Waals surface area contributed by atoms with Crippen molar-refractivity contribution >= 4 is 12.0 Å². The van der Waals surface area contributed by atoms with E-state index >= 15 is 0 Å². The standard InChI is InChI=1S/C21H22N2O4/c1-3-26-17-12-8-7-11-16(17)19-18(14(2)22-21(25)23-19)20(24)27-13-15-9-5-4-6-10-15/h4-12,19H,3,13H2,1-2H3,(H2,22,23,25)/t19-/m1/s1. The van der Waals surface area contributed by atoms with Gasteiger partial charge in [-0.3, -0.25) is 0 Å². The molecule has 0 saturated heterocycles. The molecule has 1 aliphatic rings. The van der Waals surface area contributed by atoms with E-state index in [1.807, 2.05) is 61.5 Å². The molecule has 0 bridgehead atoms. The quantitative estimate of drug-likeness (QED) is 0.768. The van der Waals surface area contributed by atoms with Gasteiger partial charge in [-0.05, 0) is 25.5 Å². The van der Waals surface area contributed by atoms with Crippen LogP contribution in [-0.2, 0) is 16.1 Å². The number of benzene rings is 2. The summed E-state index contributed by atoms with van der Waals surface area (Å²) in [7, 11) is 0. The molecule has 0 unspecified atom stereocenters. The van der Waals surface area contributed by atoms with E-state index in [-0.39, 0.29) is 12.6 Å². The van der Waals surface area contributed by atoms with Gasteiger partial charge in [0.1, 0.15) is 12.4 Å². The number of allylic oxidation sites excluding steroid dienone is 1. The molecule has 0 spiro atoms. The highest BCUT2D eigenvalue weighted by molar-refractivity contribution is 5.95. The van der Waals surface area contributed by atoms with Crippen molar-refractivity contribution in [3.05, 3.63) is 77.0 Å². The molecule has 6 nitrogen and oxygen atoms in total. The Bertz CT molecular complexity index is 861. The number of carbonyl (C=O) groups is 2. The van der Waals surface area contributed by atoms with E-state index in [1.165, 1.54) is 0 Å². The summed E-state index contributed by atoms with van der Waals surface area (Å²) < 4.78 is 11.2. The minimum atomic E-state index is -0.648. The van der Waals surface area contributed by atoms with Crippen LogP contribution in [0.25, 0.3) is 0 Å². The highest BCUT2D eigenvalue weighted by Gasteiger charge is 2.33. The second-order valence-electron chi connectivity index (χ2n) is 6.10. The molecule has 2 aromatic carbocycles. The molecule has 27 heavy (non-hydrogen) atoms. The highest BCUT2D eigenvalue weighted by Crippen LogP contribution is 2.33. The van der Waals surface area contributed by atoms with Gasteiger partial charge in [-0.25, -0.2) is 9.59 Å². The maximum atomic E-state index is 12.8. The van der Waals surface area contributed by atoms with Gasteiger partial charge in [0.05, 0.1) is 18.2 Å². The predicted molar refractivity (Wildman–Crippen MR) is 101 cm³/mol. The topological polar surface area (TPSA) is 76.7 Å². The van der Waals surface area contributed by atoms with Gasteiger partial charge in [0.25, 0.3) is 0 Å². The summed E-state index contributed by atoms with van der Waals surface area (Å²) in [6.07, 6.45) is 0. The van der Waals surface area contributed by atoms with E-state index in [9.17, 15) is 9.59 Å². The third kappa shape index (κ3) is 4.28. The first-order valence-electron chi connectivity index (χ1n) is 8.81. The Balaban J connectivity index is 1.89. The minimum absolute atomic E-state index is 0.157. The van der Waals surface area contributed by atoms with Gasteiger partial charge in [-0.2, -0.15) is 0 Å². The van der Waals surface area contributed by atoms with Gasteiger partial charge in [-0.1, -0.05) is 48.5 Å². The summed E-state index contributed by atoms with van der Waals surface area (Å²) in [4.78, 5) is 24.9. The number of carbonyl (C=O) groups excluding carboxylic acids is 2. The van der Waals surface area contributed by atoms with Crippen LogP contribution in [0.5, 0.6) is 5.75 Å². The van der Waals surface area contributed by atoms with Gasteiger partial charge in [-0.15, -0.1) is 0 Å². The number of hydrogen-bond acceptors (Lipinski definition) is 4. The third-order valence-electron chi connectivity index (χ3n) is 4.23. The number of esters is 1. The smallest absolute Gasteiger partial charge is 0.338 e. The second-order valence-corrected chi connectivity index (χ2v) is 6.10. The number of rotatable bonds is 6. The average Bonchev–Trinajstić information content (AvgIpc) is 2.67. The lowest BCUT2D eigenvalue weighted by molar-refractivity contribution is -0.140. The molecule has 6 heteroatoms. The molecule has 0 fully saturated rings. The van der Waals surface area contributed by atoms with E-state index in [4.69, 9.17) is 9.47 Å². The lowest BCUT2D eigenvalue weighted by Gasteiger charge is -2.29. The molecule has 0 aliphatic carbocycles. The lowest BCUT2D eigenvalue weighted by Crippen LogP contribution is -2.45. The minimum Gasteiger partial charge on any atom is -0.494 e. The van der Waals surface area contributed by atoms with Crippen LogP contribution in [0.15, 0.2) is 65.9 Å². The SMILES string of the molecule is CCOc1ccccc1[C@H]1NC(=O)NC(C)=C1C(=O)OCc1ccccc1. The number of amides is 2. The molecular weight excluding hydrogens is 344 g/mol. The molecule has 2 amide bonds. The zero-order valence-electron chi connectivity index (χ0n) is 15.3. The molecule has 0 radical (unpaired) electrons. The summed E-state index contributed by atoms with van der Waals surface area (Å²) in [6, 6.07) is 15.8. The van der Waals surface area contributed by atoms with Crippen molar-refractivity contribution in [2.75, 3.05) is 6.61 Å². The summed E-state index contributed by atoms with van der Waals surface area (Å²) in [5.41, 5.74) is 2.43. The number of hydrogen-bond donors (Lipinski definition) is 2. The summed E-state index contributed by atoms with van der Waals surface area (Å²) in [5.74, 6) is 0.133. The zero-order valence-corrected chi connectivity index (χ0v) is 15.3. The molecular formula is C21H22N2O4. The first-order chi connectivity index (χ1) is 13.1. The van der Waals surface area contributed by atoms with E-state index < -0.39 is 12.0 Å². The molecule has 0 saturated carbocycles. The molecule has 3 rings (SSSR count). The molecule has 2 N–H and O–H groups in total. The van der Waals surface area contributed by atoms with Crippen LogP contribution in [0.2, 0.25) is 0 Å². The first-order valence-corrected chi connectivity index (χ1v) is 8.81. The molecule has 1 atom stereocenters. The average molecular weight is 366 g/mol. The fraction of sp³-hybridized carbons (Fsp3) is 0.238. The van der Waals surface area contributed by atoms with Gasteiger partial charge in [0, 0.05) is 11.3 Å². The maximum absolute atomic E-state index is 12.8. The van der Waals surface area contributed by atoms with Gasteiger partial charge < -0.3 is 20.1 Å². The van der Waals surface area contributed by atoms with Crippen molar-refractivity contribution in [3.8, 4) is 5.75 Å². The van der Waals surface area contributed by atoms with Crippen molar-refractivity contribution in [2.24, 2.45) is 0 Å². The molecule has 140 valence electrons. The van der Waals surface area contributed by atoms with Crippen LogP contribution in [0.4, 0.5) is 4.79 Å². The Hall–Kier alpha value is -3.28. The maximum Gasteiger partial charge on any atom is 0.338 e. The number of ether oxygens (including phenoxy) is 2. The number of nitrogens with one attached hydrogen (secondary N) is 2. The van der Waals surface area contributed by atoms with E-state index in [0.717, 1.165) is 5.56 Å². The molecule has 2 aromatic rings. The summed E-state index contributed by atoms with van der Waals surface area (Å²) in [5, 5.41) is 5.45.